The van der Waals surface area contributed by atoms with Gasteiger partial charge in [-0.05, 0) is 55.2 Å². The lowest BCUT2D eigenvalue weighted by Crippen LogP contribution is -2.31. The quantitative estimate of drug-likeness (QED) is 0.870. The zero-order valence-corrected chi connectivity index (χ0v) is 14.4. The van der Waals surface area contributed by atoms with Crippen molar-refractivity contribution >= 4 is 5.91 Å². The van der Waals surface area contributed by atoms with Crippen LogP contribution in [0.4, 0.5) is 0 Å². The summed E-state index contributed by atoms with van der Waals surface area (Å²) in [5, 5.41) is 4.27. The molecule has 4 heteroatoms. The Hall–Kier alpha value is -2.10. The number of aryl methyl sites for hydroxylation is 3. The van der Waals surface area contributed by atoms with Crippen LogP contribution in [0.5, 0.6) is 0 Å². The molecule has 1 atom stereocenters. The van der Waals surface area contributed by atoms with Crippen LogP contribution < -0.4 is 0 Å². The zero-order valence-electron chi connectivity index (χ0n) is 14.4. The van der Waals surface area contributed by atoms with Gasteiger partial charge in [0.05, 0.1) is 18.7 Å². The minimum atomic E-state index is 0.198. The lowest BCUT2D eigenvalue weighted by Gasteiger charge is -2.24. The van der Waals surface area contributed by atoms with E-state index in [4.69, 9.17) is 0 Å². The number of benzene rings is 1. The predicted octanol–water partition coefficient (Wildman–Crippen LogP) is 3.21. The van der Waals surface area contributed by atoms with Crippen molar-refractivity contribution < 1.29 is 4.79 Å². The molecule has 1 aromatic carbocycles. The van der Waals surface area contributed by atoms with Crippen molar-refractivity contribution in [2.24, 2.45) is 7.05 Å². The molecule has 24 heavy (non-hydrogen) atoms. The Morgan fingerprint density at radius 3 is 2.83 bits per heavy atom. The summed E-state index contributed by atoms with van der Waals surface area (Å²) in [6.45, 7) is 0.864. The molecule has 2 heterocycles. The van der Waals surface area contributed by atoms with Crippen molar-refractivity contribution in [2.75, 3.05) is 6.54 Å². The molecule has 0 unspecified atom stereocenters. The van der Waals surface area contributed by atoms with E-state index >= 15 is 0 Å². The molecule has 0 radical (unpaired) electrons. The van der Waals surface area contributed by atoms with E-state index in [1.165, 1.54) is 36.8 Å². The van der Waals surface area contributed by atoms with Gasteiger partial charge >= 0.3 is 0 Å². The van der Waals surface area contributed by atoms with Crippen LogP contribution in [0.25, 0.3) is 0 Å². The molecule has 1 fully saturated rings. The molecule has 1 aliphatic carbocycles. The summed E-state index contributed by atoms with van der Waals surface area (Å²) in [6.07, 6.45) is 11.5. The highest BCUT2D eigenvalue weighted by molar-refractivity contribution is 5.79. The van der Waals surface area contributed by atoms with Crippen LogP contribution >= 0.6 is 0 Å². The number of fused-ring (bicyclic) bond motifs is 1. The maximum absolute atomic E-state index is 12.9. The van der Waals surface area contributed by atoms with E-state index in [-0.39, 0.29) is 11.9 Å². The van der Waals surface area contributed by atoms with Gasteiger partial charge in [-0.2, -0.15) is 5.10 Å². The number of rotatable bonds is 3. The van der Waals surface area contributed by atoms with Gasteiger partial charge in [0.15, 0.2) is 0 Å². The topological polar surface area (TPSA) is 38.1 Å². The highest BCUT2D eigenvalue weighted by Gasteiger charge is 2.30. The average Bonchev–Trinajstić information content (AvgIpc) is 3.23. The lowest BCUT2D eigenvalue weighted by atomic mass is 9.90. The molecule has 0 bridgehead atoms. The van der Waals surface area contributed by atoms with Gasteiger partial charge in [0.1, 0.15) is 0 Å². The SMILES string of the molecule is Cn1cc([C@@H]2CCCN2C(=O)Cc2ccc3c(c2)CCCC3)cn1. The molecular formula is C20H25N3O. The molecular weight excluding hydrogens is 298 g/mol. The summed E-state index contributed by atoms with van der Waals surface area (Å²) >= 11 is 0. The number of likely N-dealkylation sites (tertiary alicyclic amines) is 1. The molecule has 1 saturated heterocycles. The maximum atomic E-state index is 12.9. The van der Waals surface area contributed by atoms with Crippen LogP contribution in [-0.4, -0.2) is 27.1 Å². The summed E-state index contributed by atoms with van der Waals surface area (Å²) < 4.78 is 1.82. The van der Waals surface area contributed by atoms with Crippen molar-refractivity contribution in [3.05, 3.63) is 52.8 Å². The Labute approximate surface area is 143 Å². The third kappa shape index (κ3) is 2.97. The number of hydrogen-bond acceptors (Lipinski definition) is 2. The summed E-state index contributed by atoms with van der Waals surface area (Å²) in [7, 11) is 1.93. The Morgan fingerprint density at radius 2 is 2.04 bits per heavy atom. The van der Waals surface area contributed by atoms with Gasteiger partial charge in [0, 0.05) is 25.4 Å². The van der Waals surface area contributed by atoms with Crippen LogP contribution in [-0.2, 0) is 31.1 Å². The molecule has 4 rings (SSSR count). The van der Waals surface area contributed by atoms with Gasteiger partial charge in [0.25, 0.3) is 0 Å². The van der Waals surface area contributed by atoms with Crippen LogP contribution in [0.2, 0.25) is 0 Å². The van der Waals surface area contributed by atoms with Gasteiger partial charge in [-0.25, -0.2) is 0 Å². The van der Waals surface area contributed by atoms with E-state index < -0.39 is 0 Å². The van der Waals surface area contributed by atoms with E-state index in [9.17, 15) is 4.79 Å². The van der Waals surface area contributed by atoms with Crippen molar-refractivity contribution in [3.63, 3.8) is 0 Å². The van der Waals surface area contributed by atoms with E-state index in [1.54, 1.807) is 0 Å². The number of carbonyl (C=O) groups excluding carboxylic acids is 1. The van der Waals surface area contributed by atoms with Crippen LogP contribution in [0.3, 0.4) is 0 Å². The molecule has 4 nitrogen and oxygen atoms in total. The van der Waals surface area contributed by atoms with E-state index in [2.05, 4.69) is 28.2 Å². The molecule has 1 aliphatic heterocycles. The second-order valence-corrected chi connectivity index (χ2v) is 7.18. The molecule has 2 aromatic rings. The van der Waals surface area contributed by atoms with Crippen LogP contribution in [0.1, 0.15) is 54.0 Å². The Kier molecular flexibility index (Phi) is 4.13. The fourth-order valence-corrected chi connectivity index (χ4v) is 4.20. The normalized spacial score (nSPS) is 20.2. The number of aromatic nitrogens is 2. The minimum Gasteiger partial charge on any atom is -0.335 e. The molecule has 0 saturated carbocycles. The maximum Gasteiger partial charge on any atom is 0.227 e. The summed E-state index contributed by atoms with van der Waals surface area (Å²) in [4.78, 5) is 14.9. The molecule has 2 aliphatic rings. The second-order valence-electron chi connectivity index (χ2n) is 7.18. The fraction of sp³-hybridized carbons (Fsp3) is 0.500. The van der Waals surface area contributed by atoms with E-state index in [0.717, 1.165) is 30.5 Å². The van der Waals surface area contributed by atoms with Crippen molar-refractivity contribution in [1.29, 1.82) is 0 Å². The van der Waals surface area contributed by atoms with Gasteiger partial charge in [-0.15, -0.1) is 0 Å². The van der Waals surface area contributed by atoms with Crippen molar-refractivity contribution in [2.45, 2.75) is 51.0 Å². The summed E-state index contributed by atoms with van der Waals surface area (Å²) in [6, 6.07) is 6.85. The van der Waals surface area contributed by atoms with Crippen molar-refractivity contribution in [3.8, 4) is 0 Å². The van der Waals surface area contributed by atoms with Crippen LogP contribution in [0.15, 0.2) is 30.6 Å². The summed E-state index contributed by atoms with van der Waals surface area (Å²) in [5.74, 6) is 0.247. The summed E-state index contributed by atoms with van der Waals surface area (Å²) in [5.41, 5.74) is 5.26. The van der Waals surface area contributed by atoms with E-state index in [0.29, 0.717) is 6.42 Å². The highest BCUT2D eigenvalue weighted by Crippen LogP contribution is 2.32. The molecule has 1 amide bonds. The minimum absolute atomic E-state index is 0.198. The van der Waals surface area contributed by atoms with Crippen molar-refractivity contribution in [1.82, 2.24) is 14.7 Å². The second kappa shape index (κ2) is 6.42. The Balaban J connectivity index is 1.49. The predicted molar refractivity (Wildman–Crippen MR) is 93.7 cm³/mol. The van der Waals surface area contributed by atoms with Gasteiger partial charge in [-0.1, -0.05) is 18.2 Å². The smallest absolute Gasteiger partial charge is 0.227 e. The van der Waals surface area contributed by atoms with Gasteiger partial charge in [0.2, 0.25) is 5.91 Å². The first-order valence-corrected chi connectivity index (χ1v) is 9.09. The van der Waals surface area contributed by atoms with Gasteiger partial charge < -0.3 is 4.90 Å². The third-order valence-electron chi connectivity index (χ3n) is 5.45. The van der Waals surface area contributed by atoms with Crippen LogP contribution in [0, 0.1) is 0 Å². The molecule has 126 valence electrons. The van der Waals surface area contributed by atoms with Gasteiger partial charge in [-0.3, -0.25) is 9.48 Å². The first-order chi connectivity index (χ1) is 11.7. The Morgan fingerprint density at radius 1 is 1.21 bits per heavy atom. The molecule has 1 aromatic heterocycles. The Bertz CT molecular complexity index is 749. The number of nitrogens with zero attached hydrogens (tertiary/aromatic N) is 3. The highest BCUT2D eigenvalue weighted by atomic mass is 16.2. The lowest BCUT2D eigenvalue weighted by molar-refractivity contribution is -0.131. The monoisotopic (exact) mass is 323 g/mol. The first kappa shape index (κ1) is 15.4. The molecule has 0 spiro atoms. The first-order valence-electron chi connectivity index (χ1n) is 9.09. The van der Waals surface area contributed by atoms with E-state index in [1.807, 2.05) is 24.1 Å². The third-order valence-corrected chi connectivity index (χ3v) is 5.45. The largest absolute Gasteiger partial charge is 0.335 e. The zero-order chi connectivity index (χ0) is 16.5. The number of amides is 1. The molecule has 0 N–H and O–H groups in total. The average molecular weight is 323 g/mol. The fourth-order valence-electron chi connectivity index (χ4n) is 4.20. The standard InChI is InChI=1S/C20H25N3O/c1-22-14-18(13-21-22)19-7-4-10-23(19)20(24)12-15-8-9-16-5-2-3-6-17(16)11-15/h8-9,11,13-14,19H,2-7,10,12H2,1H3/t19-/m0/s1. The number of hydrogen-bond donors (Lipinski definition) is 0. The number of carbonyl (C=O) groups is 1.